The van der Waals surface area contributed by atoms with E-state index in [2.05, 4.69) is 16.8 Å². The molecule has 1 atom stereocenters. The van der Waals surface area contributed by atoms with Gasteiger partial charge in [0.15, 0.2) is 11.6 Å². The summed E-state index contributed by atoms with van der Waals surface area (Å²) < 4.78 is 27.7. The van der Waals surface area contributed by atoms with Gasteiger partial charge >= 0.3 is 0 Å². The molecule has 1 aromatic rings. The van der Waals surface area contributed by atoms with Crippen LogP contribution in [0, 0.1) is 11.6 Å². The zero-order valence-corrected chi connectivity index (χ0v) is 12.5. The van der Waals surface area contributed by atoms with Crippen LogP contribution >= 0.6 is 0 Å². The molecule has 0 radical (unpaired) electrons. The van der Waals surface area contributed by atoms with Gasteiger partial charge in [0.1, 0.15) is 0 Å². The summed E-state index contributed by atoms with van der Waals surface area (Å²) in [5.74, 6) is -1.44. The third-order valence-electron chi connectivity index (χ3n) is 4.07. The van der Waals surface area contributed by atoms with Crippen LogP contribution in [-0.4, -0.2) is 31.1 Å². The molecule has 1 heterocycles. The van der Waals surface area contributed by atoms with Crippen LogP contribution in [0.3, 0.4) is 0 Å². The first-order valence-corrected chi connectivity index (χ1v) is 7.73. The minimum absolute atomic E-state index is 0.0346. The lowest BCUT2D eigenvalue weighted by molar-refractivity contribution is 0.159. The van der Waals surface area contributed by atoms with E-state index in [1.54, 1.807) is 12.1 Å². The Bertz CT molecular complexity index is 456. The van der Waals surface area contributed by atoms with Crippen LogP contribution < -0.4 is 5.32 Å². The number of unbranched alkanes of at least 4 members (excludes halogenated alkanes) is 2. The first-order chi connectivity index (χ1) is 10.2. The lowest BCUT2D eigenvalue weighted by atomic mass is 9.97. The average molecular weight is 294 g/mol. The first kappa shape index (κ1) is 16.1. The van der Waals surface area contributed by atoms with Crippen LogP contribution in [0.1, 0.15) is 37.3 Å². The van der Waals surface area contributed by atoms with Crippen molar-refractivity contribution in [3.63, 3.8) is 0 Å². The summed E-state index contributed by atoms with van der Waals surface area (Å²) in [6.07, 6.45) is 5.77. The zero-order valence-electron chi connectivity index (χ0n) is 12.5. The van der Waals surface area contributed by atoms with E-state index < -0.39 is 11.6 Å². The molecule has 21 heavy (non-hydrogen) atoms. The van der Waals surface area contributed by atoms with E-state index in [9.17, 15) is 8.78 Å². The Hall–Kier alpha value is -1.26. The number of nitrogens with zero attached hydrogens (tertiary/aromatic N) is 1. The van der Waals surface area contributed by atoms with E-state index in [4.69, 9.17) is 0 Å². The second kappa shape index (κ2) is 8.25. The van der Waals surface area contributed by atoms with E-state index in [1.807, 2.05) is 6.08 Å². The molecule has 116 valence electrons. The fourth-order valence-corrected chi connectivity index (χ4v) is 2.93. The topological polar surface area (TPSA) is 15.3 Å². The molecule has 0 unspecified atom stereocenters. The van der Waals surface area contributed by atoms with E-state index in [-0.39, 0.29) is 6.04 Å². The number of rotatable bonds is 7. The minimum atomic E-state index is -0.751. The standard InChI is InChI=1S/C17H24F2N2/c1-2-3-4-5-9-16(21-12-10-20-11-13-21)14-7-6-8-15(18)17(14)19/h2,6-8,16,20H,1,3-5,9-13H2/t16-/m1/s1. The minimum Gasteiger partial charge on any atom is -0.314 e. The maximum Gasteiger partial charge on any atom is 0.163 e. The second-order valence-electron chi connectivity index (χ2n) is 5.52. The van der Waals surface area contributed by atoms with Crippen molar-refractivity contribution in [2.45, 2.75) is 31.7 Å². The number of nitrogens with one attached hydrogen (secondary N) is 1. The van der Waals surface area contributed by atoms with Crippen molar-refractivity contribution in [1.82, 2.24) is 10.2 Å². The maximum absolute atomic E-state index is 14.1. The quantitative estimate of drug-likeness (QED) is 0.610. The fraction of sp³-hybridized carbons (Fsp3) is 0.529. The average Bonchev–Trinajstić information content (AvgIpc) is 2.52. The molecular weight excluding hydrogens is 270 g/mol. The maximum atomic E-state index is 14.1. The summed E-state index contributed by atoms with van der Waals surface area (Å²) in [6, 6.07) is 4.48. The van der Waals surface area contributed by atoms with Crippen LogP contribution in [0.5, 0.6) is 0 Å². The highest BCUT2D eigenvalue weighted by Crippen LogP contribution is 2.30. The summed E-state index contributed by atoms with van der Waals surface area (Å²) in [5.41, 5.74) is 0.496. The van der Waals surface area contributed by atoms with E-state index in [0.717, 1.165) is 51.9 Å². The summed E-state index contributed by atoms with van der Waals surface area (Å²) in [4.78, 5) is 2.27. The van der Waals surface area contributed by atoms with Gasteiger partial charge in [-0.3, -0.25) is 4.90 Å². The van der Waals surface area contributed by atoms with Crippen LogP contribution in [0.15, 0.2) is 30.9 Å². The molecule has 0 saturated carbocycles. The molecule has 0 aliphatic carbocycles. The Morgan fingerprint density at radius 2 is 2.00 bits per heavy atom. The number of piperazine rings is 1. The number of benzene rings is 1. The van der Waals surface area contributed by atoms with Crippen molar-refractivity contribution < 1.29 is 8.78 Å². The van der Waals surface area contributed by atoms with Crippen molar-refractivity contribution in [3.05, 3.63) is 48.1 Å². The van der Waals surface area contributed by atoms with Crippen molar-refractivity contribution in [1.29, 1.82) is 0 Å². The third-order valence-corrected chi connectivity index (χ3v) is 4.07. The second-order valence-corrected chi connectivity index (χ2v) is 5.52. The summed E-state index contributed by atoms with van der Waals surface area (Å²) in [5, 5.41) is 3.30. The van der Waals surface area contributed by atoms with Gasteiger partial charge in [-0.15, -0.1) is 6.58 Å². The zero-order chi connectivity index (χ0) is 15.1. The van der Waals surface area contributed by atoms with Crippen molar-refractivity contribution >= 4 is 0 Å². The molecule has 1 saturated heterocycles. The van der Waals surface area contributed by atoms with Crippen LogP contribution in [0.4, 0.5) is 8.78 Å². The van der Waals surface area contributed by atoms with Gasteiger partial charge in [-0.1, -0.05) is 24.6 Å². The molecule has 1 aliphatic heterocycles. The smallest absolute Gasteiger partial charge is 0.163 e. The number of hydrogen-bond donors (Lipinski definition) is 1. The highest BCUT2D eigenvalue weighted by atomic mass is 19.2. The monoisotopic (exact) mass is 294 g/mol. The summed E-state index contributed by atoms with van der Waals surface area (Å²) in [6.45, 7) is 7.28. The molecule has 0 amide bonds. The van der Waals surface area contributed by atoms with Gasteiger partial charge in [0.2, 0.25) is 0 Å². The Labute approximate surface area is 125 Å². The predicted molar refractivity (Wildman–Crippen MR) is 82.2 cm³/mol. The Kier molecular flexibility index (Phi) is 6.33. The van der Waals surface area contributed by atoms with Gasteiger partial charge in [-0.05, 0) is 25.3 Å². The number of hydrogen-bond acceptors (Lipinski definition) is 2. The summed E-state index contributed by atoms with van der Waals surface area (Å²) in [7, 11) is 0. The third kappa shape index (κ3) is 4.35. The molecule has 2 nitrogen and oxygen atoms in total. The summed E-state index contributed by atoms with van der Waals surface area (Å²) >= 11 is 0. The Morgan fingerprint density at radius 1 is 1.24 bits per heavy atom. The molecule has 1 N–H and O–H groups in total. The molecule has 0 aromatic heterocycles. The van der Waals surface area contributed by atoms with Gasteiger partial charge in [0.05, 0.1) is 0 Å². The Morgan fingerprint density at radius 3 is 2.71 bits per heavy atom. The van der Waals surface area contributed by atoms with Crippen LogP contribution in [0.2, 0.25) is 0 Å². The molecule has 0 bridgehead atoms. The lowest BCUT2D eigenvalue weighted by Gasteiger charge is -2.35. The normalized spacial score (nSPS) is 17.6. The van der Waals surface area contributed by atoms with Crippen LogP contribution in [0.25, 0.3) is 0 Å². The van der Waals surface area contributed by atoms with E-state index >= 15 is 0 Å². The fourth-order valence-electron chi connectivity index (χ4n) is 2.93. The largest absolute Gasteiger partial charge is 0.314 e. The van der Waals surface area contributed by atoms with Gasteiger partial charge in [-0.2, -0.15) is 0 Å². The van der Waals surface area contributed by atoms with E-state index in [1.165, 1.54) is 6.07 Å². The molecule has 0 spiro atoms. The lowest BCUT2D eigenvalue weighted by Crippen LogP contribution is -2.45. The highest BCUT2D eigenvalue weighted by molar-refractivity contribution is 5.23. The number of allylic oxidation sites excluding steroid dienone is 1. The molecular formula is C17H24F2N2. The van der Waals surface area contributed by atoms with Crippen molar-refractivity contribution in [3.8, 4) is 0 Å². The molecule has 2 rings (SSSR count). The molecule has 1 aliphatic rings. The van der Waals surface area contributed by atoms with Gasteiger partial charge in [0.25, 0.3) is 0 Å². The van der Waals surface area contributed by atoms with Crippen molar-refractivity contribution in [2.24, 2.45) is 0 Å². The van der Waals surface area contributed by atoms with Gasteiger partial charge < -0.3 is 5.32 Å². The number of halogens is 2. The highest BCUT2D eigenvalue weighted by Gasteiger charge is 2.25. The van der Waals surface area contributed by atoms with Crippen molar-refractivity contribution in [2.75, 3.05) is 26.2 Å². The molecule has 4 heteroatoms. The first-order valence-electron chi connectivity index (χ1n) is 7.73. The van der Waals surface area contributed by atoms with Gasteiger partial charge in [0, 0.05) is 37.8 Å². The van der Waals surface area contributed by atoms with Crippen LogP contribution in [-0.2, 0) is 0 Å². The predicted octanol–water partition coefficient (Wildman–Crippen LogP) is 3.66. The Balaban J connectivity index is 2.13. The SMILES string of the molecule is C=CCCCC[C@H](c1cccc(F)c1F)N1CCNCC1. The van der Waals surface area contributed by atoms with Gasteiger partial charge in [-0.25, -0.2) is 8.78 Å². The molecule has 1 aromatic carbocycles. The molecule has 1 fully saturated rings. The van der Waals surface area contributed by atoms with E-state index in [0.29, 0.717) is 5.56 Å².